The second kappa shape index (κ2) is 11.6. The third-order valence-corrected chi connectivity index (χ3v) is 8.42. The fourth-order valence-electron chi connectivity index (χ4n) is 5.28. The highest BCUT2D eigenvalue weighted by atomic mass is 79.9. The van der Waals surface area contributed by atoms with E-state index in [9.17, 15) is 0 Å². The van der Waals surface area contributed by atoms with Crippen molar-refractivity contribution in [2.75, 3.05) is 4.90 Å². The molecule has 2 fully saturated rings. The summed E-state index contributed by atoms with van der Waals surface area (Å²) in [6, 6.07) is 13.4. The van der Waals surface area contributed by atoms with E-state index < -0.39 is 0 Å². The third-order valence-electron chi connectivity index (χ3n) is 7.50. The van der Waals surface area contributed by atoms with Crippen LogP contribution in [0.4, 0.5) is 17.1 Å². The molecule has 188 valence electrons. The van der Waals surface area contributed by atoms with E-state index in [-0.39, 0.29) is 0 Å². The fraction of sp³-hybridized carbons (Fsp3) is 0.467. The van der Waals surface area contributed by atoms with Crippen molar-refractivity contribution in [1.29, 1.82) is 0 Å². The number of hydrogen-bond acceptors (Lipinski definition) is 5. The van der Waals surface area contributed by atoms with E-state index in [1.165, 1.54) is 43.5 Å². The Kier molecular flexibility index (Phi) is 8.10. The molecule has 0 radical (unpaired) electrons. The normalized spacial score (nSPS) is 24.7. The van der Waals surface area contributed by atoms with Gasteiger partial charge in [-0.05, 0) is 88.6 Å². The molecule has 0 amide bonds. The molecule has 2 aromatic rings. The lowest BCUT2D eigenvalue weighted by atomic mass is 9.93. The summed E-state index contributed by atoms with van der Waals surface area (Å²) in [5, 5.41) is 0. The van der Waals surface area contributed by atoms with Gasteiger partial charge in [-0.1, -0.05) is 41.4 Å². The Balaban J connectivity index is 1.61. The summed E-state index contributed by atoms with van der Waals surface area (Å²) >= 11 is 3.90. The topological polar surface area (TPSA) is 53.2 Å². The van der Waals surface area contributed by atoms with Crippen molar-refractivity contribution in [3.63, 3.8) is 0 Å². The Labute approximate surface area is 223 Å². The van der Waals surface area contributed by atoms with Crippen LogP contribution in [-0.2, 0) is 0 Å². The van der Waals surface area contributed by atoms with Crippen LogP contribution in [0.2, 0.25) is 0 Å². The molecule has 2 unspecified atom stereocenters. The van der Waals surface area contributed by atoms with Gasteiger partial charge in [-0.3, -0.25) is 9.98 Å². The molecular weight excluding hydrogens is 510 g/mol. The largest absolute Gasteiger partial charge is 0.335 e. The number of pyridine rings is 1. The molecule has 5 nitrogen and oxygen atoms in total. The van der Waals surface area contributed by atoms with Gasteiger partial charge in [0, 0.05) is 17.1 Å². The molecule has 1 aromatic carbocycles. The van der Waals surface area contributed by atoms with Crippen molar-refractivity contribution < 1.29 is 0 Å². The van der Waals surface area contributed by atoms with Gasteiger partial charge < -0.3 is 4.90 Å². The van der Waals surface area contributed by atoms with Crippen LogP contribution in [0.25, 0.3) is 0 Å². The third kappa shape index (κ3) is 5.69. The first-order chi connectivity index (χ1) is 17.6. The van der Waals surface area contributed by atoms with Crippen molar-refractivity contribution in [3.05, 3.63) is 60.6 Å². The van der Waals surface area contributed by atoms with E-state index in [1.807, 2.05) is 18.3 Å². The number of hydrogen-bond donors (Lipinski definition) is 0. The molecule has 5 rings (SSSR count). The number of rotatable bonds is 6. The highest BCUT2D eigenvalue weighted by Crippen LogP contribution is 2.41. The lowest BCUT2D eigenvalue weighted by Crippen LogP contribution is -2.39. The molecule has 0 bridgehead atoms. The molecule has 36 heavy (non-hydrogen) atoms. The molecule has 2 heterocycles. The fourth-order valence-corrected chi connectivity index (χ4v) is 5.87. The molecule has 2 aliphatic carbocycles. The lowest BCUT2D eigenvalue weighted by Gasteiger charge is -2.39. The van der Waals surface area contributed by atoms with Crippen LogP contribution in [-0.4, -0.2) is 39.0 Å². The van der Waals surface area contributed by atoms with Crippen LogP contribution in [0.15, 0.2) is 75.5 Å². The first-order valence-electron chi connectivity index (χ1n) is 13.5. The first kappa shape index (κ1) is 25.1. The van der Waals surface area contributed by atoms with Gasteiger partial charge in [-0.2, -0.15) is 0 Å². The highest BCUT2D eigenvalue weighted by molar-refractivity contribution is 9.09. The van der Waals surface area contributed by atoms with Gasteiger partial charge >= 0.3 is 0 Å². The summed E-state index contributed by atoms with van der Waals surface area (Å²) in [5.41, 5.74) is 7.36. The minimum absolute atomic E-state index is 0.384. The zero-order valence-electron chi connectivity index (χ0n) is 21.4. The van der Waals surface area contributed by atoms with Crippen molar-refractivity contribution >= 4 is 50.1 Å². The van der Waals surface area contributed by atoms with E-state index in [2.05, 4.69) is 70.0 Å². The number of alkyl halides is 1. The summed E-state index contributed by atoms with van der Waals surface area (Å²) in [4.78, 5) is 22.7. The molecular formula is C30H36BrN5. The molecule has 1 aromatic heterocycles. The zero-order valence-corrected chi connectivity index (χ0v) is 23.0. The van der Waals surface area contributed by atoms with Crippen LogP contribution in [0.5, 0.6) is 0 Å². The standard InChI is InChI=1S/C30H36BrN5/c1-3-26-30(19-28(34-23-10-7-11-23)21(2)33-24-12-8-18-32-20-24)36(25-13-6-9-22(31)16-17-25)29-15-5-4-14-27(29)35-26/h4-5,8,12,14-15,18-20,22-23,25H,3,6-7,9-11,13,16-17H2,1-2H3/b30-19+,33-21?,34-28?. The predicted octanol–water partition coefficient (Wildman–Crippen LogP) is 8.15. The van der Waals surface area contributed by atoms with Crippen LogP contribution >= 0.6 is 15.9 Å². The number of aromatic nitrogens is 1. The summed E-state index contributed by atoms with van der Waals surface area (Å²) < 4.78 is 0. The first-order valence-corrected chi connectivity index (χ1v) is 14.4. The van der Waals surface area contributed by atoms with Crippen molar-refractivity contribution in [3.8, 4) is 0 Å². The average molecular weight is 547 g/mol. The monoisotopic (exact) mass is 545 g/mol. The quantitative estimate of drug-likeness (QED) is 0.209. The Morgan fingerprint density at radius 3 is 2.64 bits per heavy atom. The van der Waals surface area contributed by atoms with E-state index in [4.69, 9.17) is 15.0 Å². The predicted molar refractivity (Wildman–Crippen MR) is 156 cm³/mol. The van der Waals surface area contributed by atoms with Crippen molar-refractivity contribution in [2.24, 2.45) is 15.0 Å². The number of benzene rings is 1. The molecule has 3 aliphatic rings. The molecule has 2 atom stereocenters. The lowest BCUT2D eigenvalue weighted by molar-refractivity contribution is 0.421. The van der Waals surface area contributed by atoms with E-state index in [0.717, 1.165) is 54.2 Å². The number of fused-ring (bicyclic) bond motifs is 1. The van der Waals surface area contributed by atoms with E-state index in [1.54, 1.807) is 6.20 Å². The van der Waals surface area contributed by atoms with Crippen molar-refractivity contribution in [1.82, 2.24) is 4.98 Å². The van der Waals surface area contributed by atoms with Gasteiger partial charge in [0.15, 0.2) is 0 Å². The van der Waals surface area contributed by atoms with Crippen LogP contribution in [0.1, 0.15) is 71.6 Å². The molecule has 0 spiro atoms. The van der Waals surface area contributed by atoms with Gasteiger partial charge in [0.25, 0.3) is 0 Å². The summed E-state index contributed by atoms with van der Waals surface area (Å²) in [5.74, 6) is 0. The van der Waals surface area contributed by atoms with Gasteiger partial charge in [0.1, 0.15) is 0 Å². The Bertz CT molecular complexity index is 1180. The number of para-hydroxylation sites is 2. The summed E-state index contributed by atoms with van der Waals surface area (Å²) in [7, 11) is 0. The Morgan fingerprint density at radius 2 is 1.89 bits per heavy atom. The molecule has 0 N–H and O–H groups in total. The van der Waals surface area contributed by atoms with E-state index >= 15 is 0 Å². The van der Waals surface area contributed by atoms with Crippen molar-refractivity contribution in [2.45, 2.75) is 88.5 Å². The SMILES string of the molecule is CCC1=Nc2ccccc2N(C2CCCC(Br)CC2)/C1=C/C(=NC1CCC1)C(C)=Nc1cccnc1. The number of allylic oxidation sites excluding steroid dienone is 2. The Hall–Kier alpha value is -2.60. The molecule has 2 saturated carbocycles. The smallest absolute Gasteiger partial charge is 0.0870 e. The number of aliphatic imine (C=N–C) groups is 3. The van der Waals surface area contributed by atoms with E-state index in [0.29, 0.717) is 16.9 Å². The summed E-state index contributed by atoms with van der Waals surface area (Å²) in [6.45, 7) is 4.28. The van der Waals surface area contributed by atoms with Gasteiger partial charge in [-0.15, -0.1) is 0 Å². The number of anilines is 1. The van der Waals surface area contributed by atoms with Crippen LogP contribution in [0, 0.1) is 0 Å². The van der Waals surface area contributed by atoms with Gasteiger partial charge in [-0.25, -0.2) is 9.98 Å². The number of nitrogens with zero attached hydrogens (tertiary/aromatic N) is 5. The van der Waals surface area contributed by atoms with Crippen LogP contribution < -0.4 is 4.90 Å². The maximum Gasteiger partial charge on any atom is 0.0870 e. The van der Waals surface area contributed by atoms with Gasteiger partial charge in [0.05, 0.1) is 52.1 Å². The maximum absolute atomic E-state index is 5.21. The molecule has 1 aliphatic heterocycles. The molecule has 0 saturated heterocycles. The van der Waals surface area contributed by atoms with Crippen LogP contribution in [0.3, 0.4) is 0 Å². The molecule has 6 heteroatoms. The maximum atomic E-state index is 5.21. The minimum atomic E-state index is 0.384. The van der Waals surface area contributed by atoms with Gasteiger partial charge in [0.2, 0.25) is 0 Å². The Morgan fingerprint density at radius 1 is 1.06 bits per heavy atom. The minimum Gasteiger partial charge on any atom is -0.335 e. The highest BCUT2D eigenvalue weighted by Gasteiger charge is 2.32. The second-order valence-corrected chi connectivity index (χ2v) is 11.4. The second-order valence-electron chi connectivity index (χ2n) is 10.1. The zero-order chi connectivity index (χ0) is 24.9. The summed E-state index contributed by atoms with van der Waals surface area (Å²) in [6.07, 6.45) is 16.3. The number of halogens is 1. The average Bonchev–Trinajstić information content (AvgIpc) is 3.09.